The molecule has 1 aromatic carbocycles. The van der Waals surface area contributed by atoms with Crippen LogP contribution in [0.2, 0.25) is 0 Å². The van der Waals surface area contributed by atoms with Gasteiger partial charge in [0.2, 0.25) is 5.91 Å². The van der Waals surface area contributed by atoms with E-state index in [4.69, 9.17) is 5.73 Å². The van der Waals surface area contributed by atoms with Gasteiger partial charge in [-0.2, -0.15) is 0 Å². The third-order valence-corrected chi connectivity index (χ3v) is 2.46. The predicted molar refractivity (Wildman–Crippen MR) is 65.7 cm³/mol. The van der Waals surface area contributed by atoms with Gasteiger partial charge in [-0.1, -0.05) is 0 Å². The first-order chi connectivity index (χ1) is 7.13. The summed E-state index contributed by atoms with van der Waals surface area (Å²) in [6, 6.07) is 5.41. The summed E-state index contributed by atoms with van der Waals surface area (Å²) in [5.41, 5.74) is 7.14. The molecule has 5 heteroatoms. The Labute approximate surface area is 97.4 Å². The summed E-state index contributed by atoms with van der Waals surface area (Å²) in [7, 11) is 0. The van der Waals surface area contributed by atoms with Gasteiger partial charge in [0.25, 0.3) is 0 Å². The molecule has 0 bridgehead atoms. The number of halogens is 1. The number of anilines is 2. The molecule has 0 radical (unpaired) electrons. The highest BCUT2D eigenvalue weighted by atomic mass is 79.9. The number of nitrogens with one attached hydrogen (secondary N) is 2. The molecule has 0 aliphatic heterocycles. The molecular weight excluding hydrogens is 258 g/mol. The number of carbonyl (C=O) groups excluding carboxylic acids is 1. The molecule has 1 rings (SSSR count). The first-order valence-corrected chi connectivity index (χ1v) is 5.48. The number of hydrogen-bond donors (Lipinski definition) is 3. The molecule has 0 spiro atoms. The lowest BCUT2D eigenvalue weighted by Crippen LogP contribution is -2.29. The molecular formula is C10H14BrN3O. The normalized spacial score (nSPS) is 9.73. The van der Waals surface area contributed by atoms with E-state index in [0.29, 0.717) is 12.2 Å². The van der Waals surface area contributed by atoms with Crippen molar-refractivity contribution in [2.45, 2.75) is 6.92 Å². The van der Waals surface area contributed by atoms with E-state index < -0.39 is 0 Å². The summed E-state index contributed by atoms with van der Waals surface area (Å²) in [6.45, 7) is 2.79. The highest BCUT2D eigenvalue weighted by Gasteiger charge is 2.02. The number of nitrogen functional groups attached to an aromatic ring is 1. The predicted octanol–water partition coefficient (Wildman–Crippen LogP) is 1.58. The van der Waals surface area contributed by atoms with Crippen LogP contribution in [0.25, 0.3) is 0 Å². The van der Waals surface area contributed by atoms with Crippen molar-refractivity contribution >= 4 is 33.2 Å². The van der Waals surface area contributed by atoms with Gasteiger partial charge in [-0.05, 0) is 41.1 Å². The molecule has 15 heavy (non-hydrogen) atoms. The van der Waals surface area contributed by atoms with E-state index in [1.807, 2.05) is 13.0 Å². The minimum atomic E-state index is -0.0266. The Morgan fingerprint density at radius 3 is 2.87 bits per heavy atom. The average Bonchev–Trinajstić information content (AvgIpc) is 2.17. The van der Waals surface area contributed by atoms with Crippen LogP contribution in [0.4, 0.5) is 11.4 Å². The molecule has 0 saturated carbocycles. The van der Waals surface area contributed by atoms with Gasteiger partial charge in [0.15, 0.2) is 0 Å². The monoisotopic (exact) mass is 271 g/mol. The Hall–Kier alpha value is -1.23. The molecule has 1 aromatic rings. The van der Waals surface area contributed by atoms with E-state index >= 15 is 0 Å². The molecule has 4 nitrogen and oxygen atoms in total. The average molecular weight is 272 g/mol. The summed E-state index contributed by atoms with van der Waals surface area (Å²) in [5.74, 6) is -0.0266. The lowest BCUT2D eigenvalue weighted by Gasteiger charge is -2.08. The fourth-order valence-corrected chi connectivity index (χ4v) is 1.65. The molecule has 0 aliphatic carbocycles. The molecule has 4 N–H and O–H groups in total. The number of carbonyl (C=O) groups is 1. The van der Waals surface area contributed by atoms with Crippen molar-refractivity contribution in [3.63, 3.8) is 0 Å². The third kappa shape index (κ3) is 3.79. The van der Waals surface area contributed by atoms with E-state index in [2.05, 4.69) is 26.6 Å². The zero-order valence-electron chi connectivity index (χ0n) is 8.51. The van der Waals surface area contributed by atoms with E-state index in [1.165, 1.54) is 0 Å². The second-order valence-electron chi connectivity index (χ2n) is 3.05. The number of benzene rings is 1. The van der Waals surface area contributed by atoms with Gasteiger partial charge in [0.1, 0.15) is 0 Å². The standard InChI is InChI=1S/C10H14BrN3O/c1-2-13-10(15)6-14-9-4-3-7(12)5-8(9)11/h3-5,14H,2,6,12H2,1H3,(H,13,15). The summed E-state index contributed by atoms with van der Waals surface area (Å²) < 4.78 is 0.854. The van der Waals surface area contributed by atoms with Crippen molar-refractivity contribution in [1.82, 2.24) is 5.32 Å². The van der Waals surface area contributed by atoms with Crippen LogP contribution >= 0.6 is 15.9 Å². The van der Waals surface area contributed by atoms with Gasteiger partial charge < -0.3 is 16.4 Å². The van der Waals surface area contributed by atoms with Crippen LogP contribution in [0, 0.1) is 0 Å². The molecule has 0 aliphatic rings. The van der Waals surface area contributed by atoms with Gasteiger partial charge >= 0.3 is 0 Å². The van der Waals surface area contributed by atoms with Crippen LogP contribution < -0.4 is 16.4 Å². The van der Waals surface area contributed by atoms with Gasteiger partial charge in [0.05, 0.1) is 6.54 Å². The number of hydrogen-bond acceptors (Lipinski definition) is 3. The molecule has 82 valence electrons. The molecule has 0 aromatic heterocycles. The Morgan fingerprint density at radius 1 is 1.53 bits per heavy atom. The first-order valence-electron chi connectivity index (χ1n) is 4.69. The largest absolute Gasteiger partial charge is 0.399 e. The van der Waals surface area contributed by atoms with Crippen LogP contribution in [-0.4, -0.2) is 19.0 Å². The maximum absolute atomic E-state index is 11.2. The van der Waals surface area contributed by atoms with Crippen LogP contribution in [0.5, 0.6) is 0 Å². The molecule has 1 amide bonds. The van der Waals surface area contributed by atoms with Crippen molar-refractivity contribution in [1.29, 1.82) is 0 Å². The fraction of sp³-hybridized carbons (Fsp3) is 0.300. The fourth-order valence-electron chi connectivity index (χ4n) is 1.11. The number of amides is 1. The lowest BCUT2D eigenvalue weighted by atomic mass is 10.3. The highest BCUT2D eigenvalue weighted by molar-refractivity contribution is 9.10. The van der Waals surface area contributed by atoms with Gasteiger partial charge in [0, 0.05) is 22.4 Å². The Morgan fingerprint density at radius 2 is 2.27 bits per heavy atom. The molecule has 0 unspecified atom stereocenters. The molecule has 0 fully saturated rings. The van der Waals surface area contributed by atoms with Gasteiger partial charge in [-0.25, -0.2) is 0 Å². The van der Waals surface area contributed by atoms with Crippen molar-refractivity contribution in [2.24, 2.45) is 0 Å². The minimum absolute atomic E-state index is 0.0266. The summed E-state index contributed by atoms with van der Waals surface area (Å²) >= 11 is 3.36. The first kappa shape index (κ1) is 11.8. The maximum atomic E-state index is 11.2. The lowest BCUT2D eigenvalue weighted by molar-refractivity contribution is -0.119. The van der Waals surface area contributed by atoms with Crippen molar-refractivity contribution < 1.29 is 4.79 Å². The number of likely N-dealkylation sites (N-methyl/N-ethyl adjacent to an activating group) is 1. The van der Waals surface area contributed by atoms with E-state index in [9.17, 15) is 4.79 Å². The zero-order valence-corrected chi connectivity index (χ0v) is 10.1. The van der Waals surface area contributed by atoms with Gasteiger partial charge in [-0.3, -0.25) is 4.79 Å². The van der Waals surface area contributed by atoms with E-state index in [-0.39, 0.29) is 12.5 Å². The minimum Gasteiger partial charge on any atom is -0.399 e. The maximum Gasteiger partial charge on any atom is 0.239 e. The molecule has 0 heterocycles. The SMILES string of the molecule is CCNC(=O)CNc1ccc(N)cc1Br. The smallest absolute Gasteiger partial charge is 0.239 e. The zero-order chi connectivity index (χ0) is 11.3. The summed E-state index contributed by atoms with van der Waals surface area (Å²) in [5, 5.41) is 5.72. The number of nitrogens with two attached hydrogens (primary N) is 1. The second-order valence-corrected chi connectivity index (χ2v) is 3.90. The highest BCUT2D eigenvalue weighted by Crippen LogP contribution is 2.24. The molecule has 0 saturated heterocycles. The quantitative estimate of drug-likeness (QED) is 0.729. The summed E-state index contributed by atoms with van der Waals surface area (Å²) in [6.07, 6.45) is 0. The second kappa shape index (κ2) is 5.60. The van der Waals surface area contributed by atoms with Gasteiger partial charge in [-0.15, -0.1) is 0 Å². The van der Waals surface area contributed by atoms with E-state index in [0.717, 1.165) is 10.2 Å². The van der Waals surface area contributed by atoms with Crippen LogP contribution in [0.1, 0.15) is 6.92 Å². The number of rotatable bonds is 4. The summed E-state index contributed by atoms with van der Waals surface area (Å²) in [4.78, 5) is 11.2. The topological polar surface area (TPSA) is 67.2 Å². The van der Waals surface area contributed by atoms with Crippen molar-refractivity contribution in [3.8, 4) is 0 Å². The Bertz CT molecular complexity index is 355. The van der Waals surface area contributed by atoms with Crippen LogP contribution in [-0.2, 0) is 4.79 Å². The Kier molecular flexibility index (Phi) is 4.42. The third-order valence-electron chi connectivity index (χ3n) is 1.81. The van der Waals surface area contributed by atoms with Crippen LogP contribution in [0.3, 0.4) is 0 Å². The van der Waals surface area contributed by atoms with E-state index in [1.54, 1.807) is 12.1 Å². The van der Waals surface area contributed by atoms with Crippen molar-refractivity contribution in [3.05, 3.63) is 22.7 Å². The molecule has 0 atom stereocenters. The Balaban J connectivity index is 2.54. The van der Waals surface area contributed by atoms with Crippen LogP contribution in [0.15, 0.2) is 22.7 Å². The van der Waals surface area contributed by atoms with Crippen molar-refractivity contribution in [2.75, 3.05) is 24.1 Å².